The van der Waals surface area contributed by atoms with Gasteiger partial charge in [0.15, 0.2) is 11.9 Å². The molecule has 0 spiro atoms. The van der Waals surface area contributed by atoms with E-state index in [1.165, 1.54) is 0 Å². The van der Waals surface area contributed by atoms with Crippen molar-refractivity contribution in [1.29, 1.82) is 0 Å². The summed E-state index contributed by atoms with van der Waals surface area (Å²) in [4.78, 5) is 24.0. The third-order valence-electron chi connectivity index (χ3n) is 3.07. The van der Waals surface area contributed by atoms with E-state index in [1.54, 1.807) is 6.92 Å². The number of halogens is 3. The molecular formula is C12H12F3N3O3. The molecule has 0 aromatic heterocycles. The Kier molecular flexibility index (Phi) is 3.75. The van der Waals surface area contributed by atoms with Crippen molar-refractivity contribution in [3.8, 4) is 0 Å². The van der Waals surface area contributed by atoms with E-state index in [2.05, 4.69) is 5.10 Å². The zero-order valence-electron chi connectivity index (χ0n) is 11.0. The van der Waals surface area contributed by atoms with Crippen LogP contribution in [-0.4, -0.2) is 51.5 Å². The lowest BCUT2D eigenvalue weighted by molar-refractivity contribution is -0.151. The standard InChI is InChI=1S/C12H12F3N3O3/c1-2-8(11(20)21)18-10(19)6-17-5-7(12(13,14)15)3-4-9(17)16-18/h3-5,8H,2,6H2,1H3,(H,20,21). The van der Waals surface area contributed by atoms with Crippen LogP contribution < -0.4 is 0 Å². The number of alkyl halides is 3. The SMILES string of the molecule is CCC(C(=O)O)N1N=C2C=CC(C(F)(F)F)=CN2CC1=O. The van der Waals surface area contributed by atoms with Crippen molar-refractivity contribution in [1.82, 2.24) is 9.91 Å². The Morgan fingerprint density at radius 1 is 1.48 bits per heavy atom. The number of amides is 1. The smallest absolute Gasteiger partial charge is 0.417 e. The van der Waals surface area contributed by atoms with Crippen molar-refractivity contribution in [2.45, 2.75) is 25.6 Å². The molecule has 0 aromatic carbocycles. The second kappa shape index (κ2) is 5.23. The fourth-order valence-corrected chi connectivity index (χ4v) is 2.00. The van der Waals surface area contributed by atoms with Gasteiger partial charge in [0.1, 0.15) is 6.54 Å². The number of nitrogens with zero attached hydrogens (tertiary/aromatic N) is 3. The zero-order valence-corrected chi connectivity index (χ0v) is 11.0. The molecule has 1 atom stereocenters. The molecule has 0 fully saturated rings. The molecule has 2 aliphatic heterocycles. The van der Waals surface area contributed by atoms with Gasteiger partial charge in [-0.25, -0.2) is 9.80 Å². The van der Waals surface area contributed by atoms with E-state index in [0.29, 0.717) is 0 Å². The first kappa shape index (κ1) is 15.1. The predicted molar refractivity (Wildman–Crippen MR) is 66.0 cm³/mol. The number of carbonyl (C=O) groups is 2. The van der Waals surface area contributed by atoms with Crippen LogP contribution in [0, 0.1) is 0 Å². The Hall–Kier alpha value is -2.32. The molecule has 0 saturated carbocycles. The van der Waals surface area contributed by atoms with E-state index in [0.717, 1.165) is 28.3 Å². The van der Waals surface area contributed by atoms with Crippen LogP contribution >= 0.6 is 0 Å². The fourth-order valence-electron chi connectivity index (χ4n) is 2.00. The number of amidine groups is 1. The molecular weight excluding hydrogens is 291 g/mol. The van der Waals surface area contributed by atoms with E-state index < -0.39 is 29.7 Å². The number of rotatable bonds is 3. The molecule has 0 saturated heterocycles. The molecule has 0 aliphatic carbocycles. The van der Waals surface area contributed by atoms with Crippen LogP contribution in [0.4, 0.5) is 13.2 Å². The molecule has 0 aromatic rings. The van der Waals surface area contributed by atoms with Crippen LogP contribution in [-0.2, 0) is 9.59 Å². The fraction of sp³-hybridized carbons (Fsp3) is 0.417. The minimum atomic E-state index is -4.52. The maximum absolute atomic E-state index is 12.6. The van der Waals surface area contributed by atoms with E-state index in [1.807, 2.05) is 0 Å². The molecule has 1 N–H and O–H groups in total. The Bertz CT molecular complexity index is 566. The van der Waals surface area contributed by atoms with E-state index in [4.69, 9.17) is 5.11 Å². The topological polar surface area (TPSA) is 73.2 Å². The highest BCUT2D eigenvalue weighted by atomic mass is 19.4. The molecule has 6 nitrogen and oxygen atoms in total. The summed E-state index contributed by atoms with van der Waals surface area (Å²) in [5, 5.41) is 13.7. The summed E-state index contributed by atoms with van der Waals surface area (Å²) in [6, 6.07) is -1.13. The Balaban J connectivity index is 2.31. The van der Waals surface area contributed by atoms with E-state index in [9.17, 15) is 22.8 Å². The van der Waals surface area contributed by atoms with Gasteiger partial charge in [0, 0.05) is 6.20 Å². The predicted octanol–water partition coefficient (Wildman–Crippen LogP) is 1.32. The molecule has 2 aliphatic rings. The number of carboxylic acid groups (broad SMARTS) is 1. The summed E-state index contributed by atoms with van der Waals surface area (Å²) >= 11 is 0. The summed E-state index contributed by atoms with van der Waals surface area (Å²) in [5.41, 5.74) is -0.895. The van der Waals surface area contributed by atoms with Gasteiger partial charge in [-0.05, 0) is 18.6 Å². The Labute approximate surface area is 117 Å². The second-order valence-corrected chi connectivity index (χ2v) is 4.50. The van der Waals surface area contributed by atoms with E-state index in [-0.39, 0.29) is 18.8 Å². The van der Waals surface area contributed by atoms with Gasteiger partial charge in [-0.2, -0.15) is 18.3 Å². The lowest BCUT2D eigenvalue weighted by Crippen LogP contribution is -2.51. The van der Waals surface area contributed by atoms with Gasteiger partial charge < -0.3 is 10.0 Å². The number of carboxylic acids is 1. The molecule has 9 heteroatoms. The first-order valence-corrected chi connectivity index (χ1v) is 6.11. The highest BCUT2D eigenvalue weighted by Crippen LogP contribution is 2.30. The molecule has 21 heavy (non-hydrogen) atoms. The number of hydrogen-bond donors (Lipinski definition) is 1. The lowest BCUT2D eigenvalue weighted by atomic mass is 10.1. The summed E-state index contributed by atoms with van der Waals surface area (Å²) in [7, 11) is 0. The molecule has 2 heterocycles. The van der Waals surface area contributed by atoms with Gasteiger partial charge >= 0.3 is 12.1 Å². The first-order valence-electron chi connectivity index (χ1n) is 6.11. The second-order valence-electron chi connectivity index (χ2n) is 4.50. The number of hydrazone groups is 1. The van der Waals surface area contributed by atoms with Crippen molar-refractivity contribution >= 4 is 17.7 Å². The van der Waals surface area contributed by atoms with Crippen LogP contribution in [0.1, 0.15) is 13.3 Å². The van der Waals surface area contributed by atoms with Gasteiger partial charge in [-0.3, -0.25) is 4.79 Å². The summed E-state index contributed by atoms with van der Waals surface area (Å²) < 4.78 is 37.8. The normalized spacial score (nSPS) is 19.9. The van der Waals surface area contributed by atoms with Crippen LogP contribution in [0.15, 0.2) is 29.0 Å². The Morgan fingerprint density at radius 3 is 2.67 bits per heavy atom. The highest BCUT2D eigenvalue weighted by Gasteiger charge is 2.38. The largest absolute Gasteiger partial charge is 0.480 e. The van der Waals surface area contributed by atoms with Gasteiger partial charge in [-0.15, -0.1) is 0 Å². The van der Waals surface area contributed by atoms with Gasteiger partial charge in [0.2, 0.25) is 0 Å². The Morgan fingerprint density at radius 2 is 2.14 bits per heavy atom. The van der Waals surface area contributed by atoms with Crippen LogP contribution in [0.3, 0.4) is 0 Å². The average molecular weight is 303 g/mol. The third kappa shape index (κ3) is 2.91. The minimum Gasteiger partial charge on any atom is -0.480 e. The van der Waals surface area contributed by atoms with Crippen LogP contribution in [0.2, 0.25) is 0 Å². The molecule has 114 valence electrons. The van der Waals surface area contributed by atoms with Gasteiger partial charge in [0.25, 0.3) is 5.91 Å². The monoisotopic (exact) mass is 303 g/mol. The zero-order chi connectivity index (χ0) is 15.8. The van der Waals surface area contributed by atoms with Crippen molar-refractivity contribution in [3.63, 3.8) is 0 Å². The van der Waals surface area contributed by atoms with Crippen LogP contribution in [0.25, 0.3) is 0 Å². The number of hydrogen-bond acceptors (Lipinski definition) is 4. The van der Waals surface area contributed by atoms with Gasteiger partial charge in [-0.1, -0.05) is 6.92 Å². The maximum Gasteiger partial charge on any atom is 0.417 e. The van der Waals surface area contributed by atoms with Crippen molar-refractivity contribution in [3.05, 3.63) is 23.9 Å². The number of allylic oxidation sites excluding steroid dienone is 2. The lowest BCUT2D eigenvalue weighted by Gasteiger charge is -2.34. The first-order chi connectivity index (χ1) is 9.74. The molecule has 1 amide bonds. The summed E-state index contributed by atoms with van der Waals surface area (Å²) in [6.07, 6.45) is -1.64. The molecule has 0 bridgehead atoms. The number of carbonyl (C=O) groups excluding carboxylic acids is 1. The number of aliphatic carboxylic acids is 1. The average Bonchev–Trinajstić information content (AvgIpc) is 2.38. The maximum atomic E-state index is 12.6. The van der Waals surface area contributed by atoms with Crippen LogP contribution in [0.5, 0.6) is 0 Å². The van der Waals surface area contributed by atoms with Crippen molar-refractivity contribution in [2.24, 2.45) is 5.10 Å². The summed E-state index contributed by atoms with van der Waals surface area (Å²) in [5.74, 6) is -1.78. The minimum absolute atomic E-state index is 0.0994. The van der Waals surface area contributed by atoms with E-state index >= 15 is 0 Å². The highest BCUT2D eigenvalue weighted by molar-refractivity contribution is 6.01. The quantitative estimate of drug-likeness (QED) is 0.853. The third-order valence-corrected chi connectivity index (χ3v) is 3.07. The summed E-state index contributed by atoms with van der Waals surface area (Å²) in [6.45, 7) is 1.20. The van der Waals surface area contributed by atoms with Crippen molar-refractivity contribution < 1.29 is 27.9 Å². The molecule has 0 radical (unpaired) electrons. The molecule has 1 unspecified atom stereocenters. The molecule has 2 rings (SSSR count). The number of fused-ring (bicyclic) bond motifs is 1. The van der Waals surface area contributed by atoms with Crippen molar-refractivity contribution in [2.75, 3.05) is 6.54 Å². The van der Waals surface area contributed by atoms with Gasteiger partial charge in [0.05, 0.1) is 5.57 Å².